The summed E-state index contributed by atoms with van der Waals surface area (Å²) in [6.07, 6.45) is 1.53. The molecule has 2 aromatic rings. The molecule has 9 heteroatoms. The maximum atomic E-state index is 9.37. The minimum absolute atomic E-state index is 0.372. The molecule has 9 nitrogen and oxygen atoms in total. The van der Waals surface area contributed by atoms with Gasteiger partial charge in [-0.25, -0.2) is 0 Å². The van der Waals surface area contributed by atoms with Gasteiger partial charge >= 0.3 is 0 Å². The van der Waals surface area contributed by atoms with E-state index in [0.29, 0.717) is 29.3 Å². The van der Waals surface area contributed by atoms with Gasteiger partial charge in [-0.05, 0) is 6.92 Å². The summed E-state index contributed by atoms with van der Waals surface area (Å²) in [6, 6.07) is 0. The van der Waals surface area contributed by atoms with Crippen LogP contribution in [0.3, 0.4) is 0 Å². The highest BCUT2D eigenvalue weighted by Crippen LogP contribution is 2.23. The van der Waals surface area contributed by atoms with Crippen LogP contribution >= 0.6 is 0 Å². The second-order valence-electron chi connectivity index (χ2n) is 4.44. The molecular formula is C11H18N6O3. The third-order valence-corrected chi connectivity index (χ3v) is 2.94. The molecule has 0 bridgehead atoms. The zero-order chi connectivity index (χ0) is 14.6. The predicted molar refractivity (Wildman–Crippen MR) is 73.5 cm³/mol. The number of hydrogen-bond donors (Lipinski definition) is 6. The maximum absolute atomic E-state index is 9.37. The first-order valence-electron chi connectivity index (χ1n) is 6.23. The molecule has 0 unspecified atom stereocenters. The minimum Gasteiger partial charge on any atom is -0.394 e. The average molecular weight is 282 g/mol. The zero-order valence-corrected chi connectivity index (χ0v) is 11.1. The molecule has 0 aliphatic rings. The second-order valence-corrected chi connectivity index (χ2v) is 4.44. The van der Waals surface area contributed by atoms with Gasteiger partial charge in [0, 0.05) is 6.54 Å². The SMILES string of the molecule is CCNc1nc(NC(CO)(CO)CO)c2cn[nH]c2n1. The van der Waals surface area contributed by atoms with Crippen molar-refractivity contribution < 1.29 is 15.3 Å². The Balaban J connectivity index is 2.43. The van der Waals surface area contributed by atoms with Crippen molar-refractivity contribution in [2.45, 2.75) is 12.5 Å². The molecule has 0 saturated carbocycles. The van der Waals surface area contributed by atoms with E-state index in [2.05, 4.69) is 30.8 Å². The fourth-order valence-electron chi connectivity index (χ4n) is 1.69. The highest BCUT2D eigenvalue weighted by Gasteiger charge is 2.29. The lowest BCUT2D eigenvalue weighted by Gasteiger charge is -2.29. The summed E-state index contributed by atoms with van der Waals surface area (Å²) in [5.41, 5.74) is -0.747. The van der Waals surface area contributed by atoms with Crippen molar-refractivity contribution in [1.29, 1.82) is 0 Å². The summed E-state index contributed by atoms with van der Waals surface area (Å²) in [5.74, 6) is 0.756. The van der Waals surface area contributed by atoms with Crippen LogP contribution in [-0.2, 0) is 0 Å². The molecule has 0 spiro atoms. The first-order valence-corrected chi connectivity index (χ1v) is 6.23. The minimum atomic E-state index is -1.26. The molecule has 0 aliphatic heterocycles. The Morgan fingerprint density at radius 3 is 2.50 bits per heavy atom. The lowest BCUT2D eigenvalue weighted by atomic mass is 10.0. The van der Waals surface area contributed by atoms with Crippen LogP contribution in [0.5, 0.6) is 0 Å². The topological polar surface area (TPSA) is 139 Å². The molecule has 0 saturated heterocycles. The lowest BCUT2D eigenvalue weighted by Crippen LogP contribution is -2.49. The van der Waals surface area contributed by atoms with Crippen molar-refractivity contribution in [2.24, 2.45) is 0 Å². The molecular weight excluding hydrogens is 264 g/mol. The standard InChI is InChI=1S/C11H18N6O3/c1-2-12-10-14-8(7-3-13-17-9(7)15-10)16-11(4-18,5-19)6-20/h3,18-20H,2,4-6H2,1H3,(H3,12,13,14,15,16,17). The Morgan fingerprint density at radius 2 is 1.90 bits per heavy atom. The van der Waals surface area contributed by atoms with Gasteiger partial charge in [0.2, 0.25) is 5.95 Å². The van der Waals surface area contributed by atoms with Crippen LogP contribution in [0, 0.1) is 0 Å². The van der Waals surface area contributed by atoms with Crippen molar-refractivity contribution in [3.8, 4) is 0 Å². The molecule has 0 fully saturated rings. The van der Waals surface area contributed by atoms with Crippen LogP contribution in [0.1, 0.15) is 6.92 Å². The van der Waals surface area contributed by atoms with Gasteiger partial charge in [0.05, 0.1) is 31.4 Å². The third-order valence-electron chi connectivity index (χ3n) is 2.94. The molecule has 0 radical (unpaired) electrons. The molecule has 0 aromatic carbocycles. The van der Waals surface area contributed by atoms with Crippen LogP contribution in [0.4, 0.5) is 11.8 Å². The summed E-state index contributed by atoms with van der Waals surface area (Å²) < 4.78 is 0. The van der Waals surface area contributed by atoms with Crippen LogP contribution in [0.25, 0.3) is 11.0 Å². The number of hydrogen-bond acceptors (Lipinski definition) is 8. The highest BCUT2D eigenvalue weighted by atomic mass is 16.3. The van der Waals surface area contributed by atoms with Gasteiger partial charge in [0.15, 0.2) is 5.65 Å². The van der Waals surface area contributed by atoms with Gasteiger partial charge in [-0.3, -0.25) is 5.10 Å². The summed E-state index contributed by atoms with van der Waals surface area (Å²) in [7, 11) is 0. The molecule has 2 aromatic heterocycles. The lowest BCUT2D eigenvalue weighted by molar-refractivity contribution is 0.0832. The summed E-state index contributed by atoms with van der Waals surface area (Å²) >= 11 is 0. The summed E-state index contributed by atoms with van der Waals surface area (Å²) in [4.78, 5) is 8.49. The van der Waals surface area contributed by atoms with E-state index in [1.807, 2.05) is 6.92 Å². The molecule has 0 amide bonds. The molecule has 20 heavy (non-hydrogen) atoms. The predicted octanol–water partition coefficient (Wildman–Crippen LogP) is -1.09. The quantitative estimate of drug-likeness (QED) is 0.376. The van der Waals surface area contributed by atoms with Crippen molar-refractivity contribution in [1.82, 2.24) is 20.2 Å². The van der Waals surface area contributed by atoms with Crippen LogP contribution in [0.2, 0.25) is 0 Å². The summed E-state index contributed by atoms with van der Waals surface area (Å²) in [6.45, 7) is 1.22. The van der Waals surface area contributed by atoms with E-state index in [4.69, 9.17) is 0 Å². The number of nitrogens with one attached hydrogen (secondary N) is 3. The fourth-order valence-corrected chi connectivity index (χ4v) is 1.69. The zero-order valence-electron chi connectivity index (χ0n) is 11.1. The van der Waals surface area contributed by atoms with Crippen molar-refractivity contribution in [2.75, 3.05) is 37.0 Å². The van der Waals surface area contributed by atoms with E-state index >= 15 is 0 Å². The number of rotatable bonds is 7. The van der Waals surface area contributed by atoms with Gasteiger partial charge in [0.1, 0.15) is 11.4 Å². The van der Waals surface area contributed by atoms with Crippen molar-refractivity contribution >= 4 is 22.8 Å². The van der Waals surface area contributed by atoms with Gasteiger partial charge in [-0.15, -0.1) is 0 Å². The number of H-pyrrole nitrogens is 1. The van der Waals surface area contributed by atoms with Gasteiger partial charge in [-0.1, -0.05) is 0 Å². The van der Waals surface area contributed by atoms with Crippen LogP contribution in [-0.4, -0.2) is 67.4 Å². The number of anilines is 2. The van der Waals surface area contributed by atoms with E-state index in [0.717, 1.165) is 0 Å². The van der Waals surface area contributed by atoms with Gasteiger partial charge < -0.3 is 26.0 Å². The van der Waals surface area contributed by atoms with E-state index in [9.17, 15) is 15.3 Å². The number of aromatic amines is 1. The molecule has 0 atom stereocenters. The molecule has 2 heterocycles. The Labute approximate surface area is 115 Å². The third kappa shape index (κ3) is 2.64. The summed E-state index contributed by atoms with van der Waals surface area (Å²) in [5, 5.41) is 41.2. The molecule has 0 aliphatic carbocycles. The maximum Gasteiger partial charge on any atom is 0.226 e. The number of fused-ring (bicyclic) bond motifs is 1. The largest absolute Gasteiger partial charge is 0.394 e. The number of nitrogens with zero attached hydrogens (tertiary/aromatic N) is 3. The Morgan fingerprint density at radius 1 is 1.20 bits per heavy atom. The number of aromatic nitrogens is 4. The van der Waals surface area contributed by atoms with E-state index in [1.165, 1.54) is 6.20 Å². The highest BCUT2D eigenvalue weighted by molar-refractivity contribution is 5.87. The van der Waals surface area contributed by atoms with Crippen molar-refractivity contribution in [3.05, 3.63) is 6.20 Å². The number of aliphatic hydroxyl groups excluding tert-OH is 3. The van der Waals surface area contributed by atoms with E-state index in [1.54, 1.807) is 0 Å². The van der Waals surface area contributed by atoms with Crippen LogP contribution in [0.15, 0.2) is 6.20 Å². The fraction of sp³-hybridized carbons (Fsp3) is 0.545. The molecule has 110 valence electrons. The van der Waals surface area contributed by atoms with Crippen molar-refractivity contribution in [3.63, 3.8) is 0 Å². The Bertz CT molecular complexity index is 560. The normalized spacial score (nSPS) is 11.8. The number of aliphatic hydroxyl groups is 3. The van der Waals surface area contributed by atoms with Crippen LogP contribution < -0.4 is 10.6 Å². The smallest absolute Gasteiger partial charge is 0.226 e. The Kier molecular flexibility index (Phi) is 4.32. The molecule has 6 N–H and O–H groups in total. The average Bonchev–Trinajstić information content (AvgIpc) is 2.94. The van der Waals surface area contributed by atoms with Gasteiger partial charge in [-0.2, -0.15) is 15.1 Å². The first-order chi connectivity index (χ1) is 9.68. The monoisotopic (exact) mass is 282 g/mol. The molecule has 2 rings (SSSR count). The van der Waals surface area contributed by atoms with E-state index in [-0.39, 0.29) is 0 Å². The second kappa shape index (κ2) is 5.99. The van der Waals surface area contributed by atoms with E-state index < -0.39 is 25.4 Å². The Hall–Kier alpha value is -1.97. The first kappa shape index (κ1) is 14.4. The van der Waals surface area contributed by atoms with Gasteiger partial charge in [0.25, 0.3) is 0 Å².